The van der Waals surface area contributed by atoms with Crippen LogP contribution in [0.3, 0.4) is 0 Å². The average molecular weight is 305 g/mol. The predicted molar refractivity (Wildman–Crippen MR) is 83.9 cm³/mol. The third-order valence-corrected chi connectivity index (χ3v) is 5.79. The van der Waals surface area contributed by atoms with Gasteiger partial charge in [-0.05, 0) is 58.5 Å². The summed E-state index contributed by atoms with van der Waals surface area (Å²) in [5.41, 5.74) is -0.383. The Bertz CT molecular complexity index is 382. The standard InChI is InChI=1S/C14H31N3O2S/c1-5-9-15-11-13-8-7-10-17(12-13)20(18,19)16-14(3,4)6-2/h13,15-16H,5-12H2,1-4H3. The Morgan fingerprint density at radius 2 is 2.00 bits per heavy atom. The molecule has 0 aromatic carbocycles. The van der Waals surface area contributed by atoms with Crippen molar-refractivity contribution in [3.8, 4) is 0 Å². The zero-order chi connectivity index (χ0) is 15.2. The minimum Gasteiger partial charge on any atom is -0.316 e. The van der Waals surface area contributed by atoms with E-state index in [1.54, 1.807) is 4.31 Å². The summed E-state index contributed by atoms with van der Waals surface area (Å²) in [5.74, 6) is 0.427. The van der Waals surface area contributed by atoms with E-state index in [0.717, 1.165) is 38.8 Å². The van der Waals surface area contributed by atoms with E-state index in [1.807, 2.05) is 20.8 Å². The maximum Gasteiger partial charge on any atom is 0.279 e. The van der Waals surface area contributed by atoms with Crippen molar-refractivity contribution < 1.29 is 8.42 Å². The SMILES string of the molecule is CCCNCC1CCCN(S(=O)(=O)NC(C)(C)CC)C1. The van der Waals surface area contributed by atoms with E-state index in [-0.39, 0.29) is 5.54 Å². The van der Waals surface area contributed by atoms with Crippen molar-refractivity contribution in [2.45, 2.75) is 58.9 Å². The maximum atomic E-state index is 12.4. The molecule has 1 rings (SSSR count). The summed E-state index contributed by atoms with van der Waals surface area (Å²) in [5, 5.41) is 3.39. The highest BCUT2D eigenvalue weighted by molar-refractivity contribution is 7.87. The fourth-order valence-electron chi connectivity index (χ4n) is 2.38. The number of hydrogen-bond donors (Lipinski definition) is 2. The molecule has 1 fully saturated rings. The second-order valence-electron chi connectivity index (χ2n) is 6.41. The first-order valence-electron chi connectivity index (χ1n) is 7.80. The fourth-order valence-corrected chi connectivity index (χ4v) is 4.13. The highest BCUT2D eigenvalue weighted by atomic mass is 32.2. The Labute approximate surface area is 124 Å². The van der Waals surface area contributed by atoms with Gasteiger partial charge in [0.05, 0.1) is 0 Å². The molecule has 0 aliphatic carbocycles. The van der Waals surface area contributed by atoms with Crippen LogP contribution in [0.5, 0.6) is 0 Å². The van der Waals surface area contributed by atoms with Gasteiger partial charge < -0.3 is 5.32 Å². The van der Waals surface area contributed by atoms with Crippen molar-refractivity contribution in [1.29, 1.82) is 0 Å². The van der Waals surface area contributed by atoms with Gasteiger partial charge >= 0.3 is 0 Å². The average Bonchev–Trinajstić information content (AvgIpc) is 2.38. The van der Waals surface area contributed by atoms with Crippen molar-refractivity contribution in [1.82, 2.24) is 14.3 Å². The summed E-state index contributed by atoms with van der Waals surface area (Å²) in [6.07, 6.45) is 3.95. The molecule has 1 aliphatic heterocycles. The van der Waals surface area contributed by atoms with E-state index >= 15 is 0 Å². The molecule has 0 aromatic heterocycles. The quantitative estimate of drug-likeness (QED) is 0.671. The predicted octanol–water partition coefficient (Wildman–Crippen LogP) is 1.72. The largest absolute Gasteiger partial charge is 0.316 e. The highest BCUT2D eigenvalue weighted by Gasteiger charge is 2.32. The van der Waals surface area contributed by atoms with Crippen LogP contribution in [0, 0.1) is 5.92 Å². The Morgan fingerprint density at radius 1 is 1.30 bits per heavy atom. The molecule has 1 atom stereocenters. The summed E-state index contributed by atoms with van der Waals surface area (Å²) in [4.78, 5) is 0. The molecule has 0 aromatic rings. The van der Waals surface area contributed by atoms with Crippen molar-refractivity contribution >= 4 is 10.2 Å². The topological polar surface area (TPSA) is 61.4 Å². The van der Waals surface area contributed by atoms with Gasteiger partial charge in [0.15, 0.2) is 0 Å². The molecule has 0 amide bonds. The second kappa shape index (κ2) is 7.73. The first-order chi connectivity index (χ1) is 9.30. The molecule has 0 spiro atoms. The summed E-state index contributed by atoms with van der Waals surface area (Å²) < 4.78 is 29.3. The molecule has 0 saturated carbocycles. The van der Waals surface area contributed by atoms with Gasteiger partial charge in [-0.3, -0.25) is 0 Å². The lowest BCUT2D eigenvalue weighted by Gasteiger charge is -2.35. The monoisotopic (exact) mass is 305 g/mol. The molecule has 120 valence electrons. The van der Waals surface area contributed by atoms with E-state index in [1.165, 1.54) is 0 Å². The van der Waals surface area contributed by atoms with Gasteiger partial charge in [-0.25, -0.2) is 0 Å². The minimum atomic E-state index is -3.36. The minimum absolute atomic E-state index is 0.383. The van der Waals surface area contributed by atoms with E-state index in [9.17, 15) is 8.42 Å². The van der Waals surface area contributed by atoms with Crippen LogP contribution in [0.4, 0.5) is 0 Å². The van der Waals surface area contributed by atoms with E-state index in [2.05, 4.69) is 17.0 Å². The van der Waals surface area contributed by atoms with Gasteiger partial charge in [0.1, 0.15) is 0 Å². The van der Waals surface area contributed by atoms with Crippen molar-refractivity contribution in [2.75, 3.05) is 26.2 Å². The molecule has 20 heavy (non-hydrogen) atoms. The fraction of sp³-hybridized carbons (Fsp3) is 1.00. The molecule has 0 radical (unpaired) electrons. The van der Waals surface area contributed by atoms with Gasteiger partial charge in [-0.2, -0.15) is 17.4 Å². The van der Waals surface area contributed by atoms with Crippen LogP contribution in [-0.2, 0) is 10.2 Å². The molecule has 2 N–H and O–H groups in total. The molecule has 0 bridgehead atoms. The van der Waals surface area contributed by atoms with Crippen LogP contribution in [0.2, 0.25) is 0 Å². The number of piperidine rings is 1. The van der Waals surface area contributed by atoms with Gasteiger partial charge in [0.2, 0.25) is 0 Å². The zero-order valence-electron chi connectivity index (χ0n) is 13.4. The van der Waals surface area contributed by atoms with Crippen LogP contribution in [0.1, 0.15) is 53.4 Å². The number of nitrogens with one attached hydrogen (secondary N) is 2. The lowest BCUT2D eigenvalue weighted by molar-refractivity contribution is 0.253. The number of nitrogens with zero attached hydrogens (tertiary/aromatic N) is 1. The third kappa shape index (κ3) is 5.68. The first-order valence-corrected chi connectivity index (χ1v) is 9.24. The molecule has 1 saturated heterocycles. The molecule has 1 heterocycles. The van der Waals surface area contributed by atoms with Crippen LogP contribution < -0.4 is 10.0 Å². The van der Waals surface area contributed by atoms with Gasteiger partial charge in [0, 0.05) is 18.6 Å². The Balaban J connectivity index is 2.57. The summed E-state index contributed by atoms with van der Waals surface area (Å²) in [7, 11) is -3.36. The zero-order valence-corrected chi connectivity index (χ0v) is 14.2. The van der Waals surface area contributed by atoms with Crippen molar-refractivity contribution in [2.24, 2.45) is 5.92 Å². The smallest absolute Gasteiger partial charge is 0.279 e. The number of hydrogen-bond acceptors (Lipinski definition) is 3. The van der Waals surface area contributed by atoms with E-state index < -0.39 is 10.2 Å². The Morgan fingerprint density at radius 3 is 2.60 bits per heavy atom. The Kier molecular flexibility index (Phi) is 6.91. The first kappa shape index (κ1) is 17.9. The molecule has 6 heteroatoms. The van der Waals surface area contributed by atoms with Crippen molar-refractivity contribution in [3.63, 3.8) is 0 Å². The summed E-state index contributed by atoms with van der Waals surface area (Å²) in [6.45, 7) is 11.2. The highest BCUT2D eigenvalue weighted by Crippen LogP contribution is 2.20. The molecular weight excluding hydrogens is 274 g/mol. The second-order valence-corrected chi connectivity index (χ2v) is 8.09. The third-order valence-electron chi connectivity index (χ3n) is 3.97. The molecule has 1 unspecified atom stereocenters. The van der Waals surface area contributed by atoms with Gasteiger partial charge in [-0.15, -0.1) is 0 Å². The Hall–Kier alpha value is -0.170. The molecule has 5 nitrogen and oxygen atoms in total. The van der Waals surface area contributed by atoms with E-state index in [0.29, 0.717) is 19.0 Å². The number of rotatable bonds is 8. The van der Waals surface area contributed by atoms with Gasteiger partial charge in [0.25, 0.3) is 10.2 Å². The van der Waals surface area contributed by atoms with Crippen LogP contribution >= 0.6 is 0 Å². The summed E-state index contributed by atoms with van der Waals surface area (Å²) in [6, 6.07) is 0. The lowest BCUT2D eigenvalue weighted by Crippen LogP contribution is -2.53. The molecule has 1 aliphatic rings. The van der Waals surface area contributed by atoms with E-state index in [4.69, 9.17) is 0 Å². The van der Waals surface area contributed by atoms with Crippen LogP contribution in [-0.4, -0.2) is 44.4 Å². The normalized spacial score (nSPS) is 22.1. The van der Waals surface area contributed by atoms with Crippen molar-refractivity contribution in [3.05, 3.63) is 0 Å². The summed E-state index contributed by atoms with van der Waals surface area (Å²) >= 11 is 0. The van der Waals surface area contributed by atoms with Crippen LogP contribution in [0.15, 0.2) is 0 Å². The van der Waals surface area contributed by atoms with Gasteiger partial charge in [-0.1, -0.05) is 13.8 Å². The molecular formula is C14H31N3O2S. The lowest BCUT2D eigenvalue weighted by atomic mass is 10.00. The van der Waals surface area contributed by atoms with Crippen LogP contribution in [0.25, 0.3) is 0 Å². The maximum absolute atomic E-state index is 12.4.